The number of nitrogens with zero attached hydrogens (tertiary/aromatic N) is 2. The average Bonchev–Trinajstić information content (AvgIpc) is 3.26. The van der Waals surface area contributed by atoms with E-state index in [1.54, 1.807) is 20.3 Å². The van der Waals surface area contributed by atoms with Crippen LogP contribution in [0.1, 0.15) is 17.4 Å². The fourth-order valence-electron chi connectivity index (χ4n) is 4.40. The number of piperazine rings is 1. The average molecular weight is 467 g/mol. The first kappa shape index (κ1) is 23.4. The Labute approximate surface area is 198 Å². The predicted octanol–water partition coefficient (Wildman–Crippen LogP) is 3.12. The van der Waals surface area contributed by atoms with Crippen LogP contribution in [0, 0.1) is 0 Å². The molecule has 9 heteroatoms. The van der Waals surface area contributed by atoms with E-state index in [1.165, 1.54) is 7.11 Å². The van der Waals surface area contributed by atoms with Gasteiger partial charge in [0, 0.05) is 26.2 Å². The normalized spacial score (nSPS) is 15.1. The van der Waals surface area contributed by atoms with E-state index in [1.807, 2.05) is 43.3 Å². The summed E-state index contributed by atoms with van der Waals surface area (Å²) in [6, 6.07) is 13.0. The van der Waals surface area contributed by atoms with Gasteiger partial charge in [-0.2, -0.15) is 0 Å². The summed E-state index contributed by atoms with van der Waals surface area (Å²) < 4.78 is 15.9. The van der Waals surface area contributed by atoms with Gasteiger partial charge in [0.05, 0.1) is 49.6 Å². The van der Waals surface area contributed by atoms with Crippen LogP contribution in [0.5, 0.6) is 11.5 Å². The number of carbonyl (C=O) groups is 2. The summed E-state index contributed by atoms with van der Waals surface area (Å²) in [4.78, 5) is 33.1. The number of aromatic nitrogens is 1. The van der Waals surface area contributed by atoms with E-state index >= 15 is 0 Å². The number of ether oxygens (including phenoxy) is 3. The fraction of sp³-hybridized carbons (Fsp3) is 0.360. The Hall–Kier alpha value is -3.72. The molecule has 0 spiro atoms. The fourth-order valence-corrected chi connectivity index (χ4v) is 4.40. The molecule has 1 atom stereocenters. The minimum atomic E-state index is -0.563. The third-order valence-corrected chi connectivity index (χ3v) is 6.31. The lowest BCUT2D eigenvalue weighted by Gasteiger charge is -2.38. The van der Waals surface area contributed by atoms with Crippen LogP contribution in [0.15, 0.2) is 42.5 Å². The highest BCUT2D eigenvalue weighted by Crippen LogP contribution is 2.36. The van der Waals surface area contributed by atoms with Crippen molar-refractivity contribution < 1.29 is 23.8 Å². The molecule has 4 rings (SSSR count). The molecule has 1 fully saturated rings. The van der Waals surface area contributed by atoms with E-state index in [0.717, 1.165) is 24.5 Å². The molecule has 0 aliphatic carbocycles. The van der Waals surface area contributed by atoms with Gasteiger partial charge in [-0.15, -0.1) is 0 Å². The Morgan fingerprint density at radius 3 is 2.29 bits per heavy atom. The second-order valence-electron chi connectivity index (χ2n) is 8.11. The summed E-state index contributed by atoms with van der Waals surface area (Å²) in [6.45, 7) is 4.85. The van der Waals surface area contributed by atoms with Crippen LogP contribution in [0.25, 0.3) is 10.9 Å². The first-order valence-electron chi connectivity index (χ1n) is 11.2. The minimum absolute atomic E-state index is 0.184. The van der Waals surface area contributed by atoms with Gasteiger partial charge in [-0.25, -0.2) is 4.79 Å². The van der Waals surface area contributed by atoms with Gasteiger partial charge in [0.25, 0.3) is 0 Å². The highest BCUT2D eigenvalue weighted by atomic mass is 16.5. The zero-order valence-electron chi connectivity index (χ0n) is 19.9. The molecular weight excluding hydrogens is 436 g/mol. The number of aromatic amines is 1. The molecule has 0 radical (unpaired) electrons. The van der Waals surface area contributed by atoms with Crippen LogP contribution in [0.3, 0.4) is 0 Å². The quantitative estimate of drug-likeness (QED) is 0.517. The van der Waals surface area contributed by atoms with E-state index in [2.05, 4.69) is 20.1 Å². The van der Waals surface area contributed by atoms with Gasteiger partial charge in [0.1, 0.15) is 17.2 Å². The number of rotatable bonds is 7. The lowest BCUT2D eigenvalue weighted by atomic mass is 10.1. The van der Waals surface area contributed by atoms with Crippen molar-refractivity contribution in [1.29, 1.82) is 0 Å². The molecule has 1 aliphatic heterocycles. The third kappa shape index (κ3) is 4.38. The van der Waals surface area contributed by atoms with Gasteiger partial charge in [-0.3, -0.25) is 9.69 Å². The maximum atomic E-state index is 13.3. The molecule has 2 aromatic carbocycles. The van der Waals surface area contributed by atoms with E-state index in [-0.39, 0.29) is 11.6 Å². The Balaban J connectivity index is 1.51. The van der Waals surface area contributed by atoms with Crippen molar-refractivity contribution in [2.45, 2.75) is 13.0 Å². The number of benzene rings is 2. The van der Waals surface area contributed by atoms with E-state index in [9.17, 15) is 9.59 Å². The van der Waals surface area contributed by atoms with Crippen molar-refractivity contribution in [2.75, 3.05) is 57.7 Å². The number of hydrogen-bond acceptors (Lipinski definition) is 7. The highest BCUT2D eigenvalue weighted by Gasteiger charge is 2.29. The zero-order valence-corrected chi connectivity index (χ0v) is 19.9. The number of anilines is 2. The standard InChI is InChI=1S/C25H30N4O5/c1-16(28-12-14-29(15-13-28)18-9-5-6-10-19(18)32-2)24(30)27-22-21-17(8-7-11-20(21)33-3)26-23(22)25(31)34-4/h5-11,16,26H,12-15H2,1-4H3,(H,27,30)/t16-/m0/s1. The molecule has 2 N–H and O–H groups in total. The van der Waals surface area contributed by atoms with Crippen LogP contribution in [0.2, 0.25) is 0 Å². The van der Waals surface area contributed by atoms with Crippen molar-refractivity contribution in [3.63, 3.8) is 0 Å². The SMILES string of the molecule is COC(=O)c1[nH]c2cccc(OC)c2c1NC(=O)[C@H](C)N1CCN(c2ccccc2OC)CC1. The van der Waals surface area contributed by atoms with Crippen LogP contribution < -0.4 is 19.7 Å². The zero-order chi connectivity index (χ0) is 24.2. The van der Waals surface area contributed by atoms with Gasteiger partial charge in [0.2, 0.25) is 5.91 Å². The molecule has 0 unspecified atom stereocenters. The number of hydrogen-bond donors (Lipinski definition) is 2. The Bertz CT molecular complexity index is 1180. The van der Waals surface area contributed by atoms with Gasteiger partial charge in [-0.1, -0.05) is 18.2 Å². The molecule has 1 amide bonds. The number of fused-ring (bicyclic) bond motifs is 1. The first-order chi connectivity index (χ1) is 16.5. The largest absolute Gasteiger partial charge is 0.496 e. The lowest BCUT2D eigenvalue weighted by molar-refractivity contribution is -0.120. The number of nitrogens with one attached hydrogen (secondary N) is 2. The van der Waals surface area contributed by atoms with Crippen molar-refractivity contribution in [3.8, 4) is 11.5 Å². The van der Waals surface area contributed by atoms with Crippen LogP contribution in [0.4, 0.5) is 11.4 Å². The van der Waals surface area contributed by atoms with E-state index < -0.39 is 12.0 Å². The van der Waals surface area contributed by atoms with Gasteiger partial charge in [0.15, 0.2) is 0 Å². The van der Waals surface area contributed by atoms with Gasteiger partial charge < -0.3 is 29.4 Å². The topological polar surface area (TPSA) is 96.1 Å². The summed E-state index contributed by atoms with van der Waals surface area (Å²) in [6.07, 6.45) is 0. The molecule has 1 aliphatic rings. The van der Waals surface area contributed by atoms with Crippen molar-refractivity contribution >= 4 is 34.2 Å². The summed E-state index contributed by atoms with van der Waals surface area (Å²) >= 11 is 0. The number of methoxy groups -OCH3 is 3. The molecule has 2 heterocycles. The molecule has 1 aromatic heterocycles. The molecule has 3 aromatic rings. The smallest absolute Gasteiger partial charge is 0.356 e. The molecular formula is C25H30N4O5. The lowest BCUT2D eigenvalue weighted by Crippen LogP contribution is -2.53. The Morgan fingerprint density at radius 1 is 0.941 bits per heavy atom. The second-order valence-corrected chi connectivity index (χ2v) is 8.11. The highest BCUT2D eigenvalue weighted by molar-refractivity contribution is 6.13. The summed E-state index contributed by atoms with van der Waals surface area (Å²) in [5.41, 5.74) is 2.27. The molecule has 180 valence electrons. The molecule has 1 saturated heterocycles. The summed E-state index contributed by atoms with van der Waals surface area (Å²) in [5.74, 6) is 0.622. The van der Waals surface area contributed by atoms with E-state index in [4.69, 9.17) is 14.2 Å². The number of esters is 1. The molecule has 0 bridgehead atoms. The number of carbonyl (C=O) groups excluding carboxylic acids is 2. The first-order valence-corrected chi connectivity index (χ1v) is 11.2. The third-order valence-electron chi connectivity index (χ3n) is 6.31. The monoisotopic (exact) mass is 466 g/mol. The number of para-hydroxylation sites is 2. The Morgan fingerprint density at radius 2 is 1.62 bits per heavy atom. The van der Waals surface area contributed by atoms with E-state index in [0.29, 0.717) is 35.4 Å². The predicted molar refractivity (Wildman–Crippen MR) is 131 cm³/mol. The molecule has 9 nitrogen and oxygen atoms in total. The molecule has 0 saturated carbocycles. The summed E-state index contributed by atoms with van der Waals surface area (Å²) in [7, 11) is 4.53. The van der Waals surface area contributed by atoms with Crippen LogP contribution in [-0.4, -0.2) is 75.3 Å². The maximum Gasteiger partial charge on any atom is 0.356 e. The van der Waals surface area contributed by atoms with Crippen LogP contribution >= 0.6 is 0 Å². The van der Waals surface area contributed by atoms with Crippen molar-refractivity contribution in [3.05, 3.63) is 48.2 Å². The van der Waals surface area contributed by atoms with Gasteiger partial charge >= 0.3 is 5.97 Å². The van der Waals surface area contributed by atoms with Crippen molar-refractivity contribution in [2.24, 2.45) is 0 Å². The second kappa shape index (κ2) is 10.0. The summed E-state index contributed by atoms with van der Waals surface area (Å²) in [5, 5.41) is 3.59. The number of H-pyrrole nitrogens is 1. The molecule has 34 heavy (non-hydrogen) atoms. The van der Waals surface area contributed by atoms with Crippen molar-refractivity contribution in [1.82, 2.24) is 9.88 Å². The maximum absolute atomic E-state index is 13.3. The number of amides is 1. The van der Waals surface area contributed by atoms with Crippen LogP contribution in [-0.2, 0) is 9.53 Å². The Kier molecular flexibility index (Phi) is 6.93. The van der Waals surface area contributed by atoms with Gasteiger partial charge in [-0.05, 0) is 31.2 Å². The minimum Gasteiger partial charge on any atom is -0.496 e.